The van der Waals surface area contributed by atoms with E-state index in [0.29, 0.717) is 17.1 Å². The summed E-state index contributed by atoms with van der Waals surface area (Å²) in [6.45, 7) is 0.365. The topological polar surface area (TPSA) is 97.9 Å². The highest BCUT2D eigenvalue weighted by molar-refractivity contribution is 5.89. The van der Waals surface area contributed by atoms with Gasteiger partial charge in [-0.3, -0.25) is 0 Å². The largest absolute Gasteiger partial charge is 0.471 e. The van der Waals surface area contributed by atoms with Crippen LogP contribution in [0.1, 0.15) is 5.89 Å². The minimum absolute atomic E-state index is 0.116. The van der Waals surface area contributed by atoms with Crippen molar-refractivity contribution in [2.24, 2.45) is 0 Å². The minimum atomic E-state index is -4.75. The average molecular weight is 452 g/mol. The van der Waals surface area contributed by atoms with Gasteiger partial charge in [-0.05, 0) is 30.3 Å². The number of amides is 2. The standard InChI is InChI=1S/C19H13F5N6O2/c20-11-2-4-13(12(21)8-11)27-18(31)25-5-6-30-9-26-14-3-1-10(7-15(14)30)16-28-17(32-29-16)19(22,23)24/h1-4,7-9H,5-6H2,(H2,25,27,31). The first kappa shape index (κ1) is 21.2. The lowest BCUT2D eigenvalue weighted by atomic mass is 10.2. The van der Waals surface area contributed by atoms with E-state index in [1.165, 1.54) is 12.4 Å². The van der Waals surface area contributed by atoms with Gasteiger partial charge in [0, 0.05) is 24.7 Å². The summed E-state index contributed by atoms with van der Waals surface area (Å²) >= 11 is 0. The molecule has 4 aromatic rings. The Morgan fingerprint density at radius 2 is 1.94 bits per heavy atom. The highest BCUT2D eigenvalue weighted by atomic mass is 19.4. The third-order valence-corrected chi connectivity index (χ3v) is 4.37. The van der Waals surface area contributed by atoms with Gasteiger partial charge in [-0.25, -0.2) is 18.6 Å². The number of nitrogens with zero attached hydrogens (tertiary/aromatic N) is 4. The molecule has 166 valence electrons. The third-order valence-electron chi connectivity index (χ3n) is 4.37. The maximum absolute atomic E-state index is 13.6. The molecule has 2 aromatic heterocycles. The zero-order valence-electron chi connectivity index (χ0n) is 16.0. The number of carbonyl (C=O) groups is 1. The molecule has 0 fully saturated rings. The number of nitrogens with one attached hydrogen (secondary N) is 2. The molecular weight excluding hydrogens is 439 g/mol. The first-order valence-electron chi connectivity index (χ1n) is 9.07. The summed E-state index contributed by atoms with van der Waals surface area (Å²) < 4.78 is 70.5. The molecule has 4 rings (SSSR count). The highest BCUT2D eigenvalue weighted by Crippen LogP contribution is 2.30. The zero-order valence-corrected chi connectivity index (χ0v) is 16.0. The zero-order chi connectivity index (χ0) is 22.9. The molecule has 2 N–H and O–H groups in total. The van der Waals surface area contributed by atoms with E-state index < -0.39 is 29.7 Å². The predicted octanol–water partition coefficient (Wildman–Crippen LogP) is 4.21. The third kappa shape index (κ3) is 4.50. The molecule has 0 atom stereocenters. The second-order valence-electron chi connectivity index (χ2n) is 6.57. The molecule has 32 heavy (non-hydrogen) atoms. The Kier molecular flexibility index (Phi) is 5.47. The number of urea groups is 1. The van der Waals surface area contributed by atoms with E-state index in [1.807, 2.05) is 0 Å². The predicted molar refractivity (Wildman–Crippen MR) is 101 cm³/mol. The van der Waals surface area contributed by atoms with Gasteiger partial charge in [0.15, 0.2) is 0 Å². The second-order valence-corrected chi connectivity index (χ2v) is 6.57. The van der Waals surface area contributed by atoms with Gasteiger partial charge in [0.25, 0.3) is 0 Å². The van der Waals surface area contributed by atoms with Crippen molar-refractivity contribution < 1.29 is 31.3 Å². The van der Waals surface area contributed by atoms with E-state index >= 15 is 0 Å². The first-order valence-corrected chi connectivity index (χ1v) is 9.07. The summed E-state index contributed by atoms with van der Waals surface area (Å²) in [6, 6.07) is 6.68. The monoisotopic (exact) mass is 452 g/mol. The summed E-state index contributed by atoms with van der Waals surface area (Å²) in [6.07, 6.45) is -3.26. The van der Waals surface area contributed by atoms with Gasteiger partial charge in [-0.15, -0.1) is 0 Å². The number of hydrogen-bond donors (Lipinski definition) is 2. The van der Waals surface area contributed by atoms with Crippen LogP contribution in [0.2, 0.25) is 0 Å². The Morgan fingerprint density at radius 1 is 1.12 bits per heavy atom. The van der Waals surface area contributed by atoms with Crippen LogP contribution in [0.25, 0.3) is 22.4 Å². The lowest BCUT2D eigenvalue weighted by Gasteiger charge is -2.09. The number of halogens is 5. The number of fused-ring (bicyclic) bond motifs is 1. The molecule has 2 amide bonds. The molecule has 13 heteroatoms. The molecule has 0 bridgehead atoms. The van der Waals surface area contributed by atoms with Gasteiger partial charge in [0.1, 0.15) is 11.6 Å². The molecule has 0 aliphatic heterocycles. The van der Waals surface area contributed by atoms with E-state index in [2.05, 4.69) is 30.3 Å². The van der Waals surface area contributed by atoms with Crippen molar-refractivity contribution in [2.45, 2.75) is 12.7 Å². The van der Waals surface area contributed by atoms with Crippen LogP contribution in [0, 0.1) is 11.6 Å². The van der Waals surface area contributed by atoms with Crippen LogP contribution >= 0.6 is 0 Å². The first-order chi connectivity index (χ1) is 15.2. The van der Waals surface area contributed by atoms with Crippen LogP contribution in [0.5, 0.6) is 0 Å². The molecule has 8 nitrogen and oxygen atoms in total. The Balaban J connectivity index is 1.43. The molecule has 0 radical (unpaired) electrons. The van der Waals surface area contributed by atoms with Gasteiger partial charge in [-0.2, -0.15) is 18.2 Å². The van der Waals surface area contributed by atoms with E-state index in [1.54, 1.807) is 16.7 Å². The van der Waals surface area contributed by atoms with Crippen LogP contribution in [0.3, 0.4) is 0 Å². The van der Waals surface area contributed by atoms with Crippen LogP contribution < -0.4 is 10.6 Å². The van der Waals surface area contributed by atoms with Crippen molar-refractivity contribution in [2.75, 3.05) is 11.9 Å². The van der Waals surface area contributed by atoms with Crippen molar-refractivity contribution in [3.63, 3.8) is 0 Å². The van der Waals surface area contributed by atoms with Crippen LogP contribution in [-0.4, -0.2) is 32.3 Å². The van der Waals surface area contributed by atoms with Crippen molar-refractivity contribution >= 4 is 22.8 Å². The van der Waals surface area contributed by atoms with Gasteiger partial charge < -0.3 is 19.7 Å². The van der Waals surface area contributed by atoms with E-state index in [0.717, 1.165) is 12.1 Å². The number of alkyl halides is 3. The Bertz CT molecular complexity index is 1280. The highest BCUT2D eigenvalue weighted by Gasteiger charge is 2.38. The molecular formula is C19H13F5N6O2. The number of benzene rings is 2. The molecule has 0 aliphatic carbocycles. The molecule has 0 spiro atoms. The normalized spacial score (nSPS) is 11.7. The Labute approximate surface area is 176 Å². The molecule has 2 aromatic carbocycles. The van der Waals surface area contributed by atoms with Crippen molar-refractivity contribution in [1.82, 2.24) is 25.0 Å². The summed E-state index contributed by atoms with van der Waals surface area (Å²) in [5.74, 6) is -3.36. The fraction of sp³-hybridized carbons (Fsp3) is 0.158. The Hall–Kier alpha value is -4.03. The number of imidazole rings is 1. The van der Waals surface area contributed by atoms with Gasteiger partial charge >= 0.3 is 18.1 Å². The summed E-state index contributed by atoms with van der Waals surface area (Å²) in [5.41, 5.74) is 1.23. The van der Waals surface area contributed by atoms with Crippen LogP contribution in [0.15, 0.2) is 47.2 Å². The number of hydrogen-bond acceptors (Lipinski definition) is 5. The maximum atomic E-state index is 13.6. The van der Waals surface area contributed by atoms with Gasteiger partial charge in [0.05, 0.1) is 23.0 Å². The number of carbonyl (C=O) groups excluding carboxylic acids is 1. The van der Waals surface area contributed by atoms with E-state index in [-0.39, 0.29) is 30.2 Å². The van der Waals surface area contributed by atoms with Crippen molar-refractivity contribution in [3.05, 3.63) is 60.3 Å². The molecule has 0 saturated carbocycles. The fourth-order valence-electron chi connectivity index (χ4n) is 2.88. The summed E-state index contributed by atoms with van der Waals surface area (Å²) in [4.78, 5) is 19.5. The van der Waals surface area contributed by atoms with Crippen LogP contribution in [0.4, 0.5) is 32.4 Å². The minimum Gasteiger partial charge on any atom is -0.336 e. The Morgan fingerprint density at radius 3 is 2.66 bits per heavy atom. The lowest BCUT2D eigenvalue weighted by Crippen LogP contribution is -2.31. The van der Waals surface area contributed by atoms with E-state index in [9.17, 15) is 26.7 Å². The molecule has 0 saturated heterocycles. The fourth-order valence-corrected chi connectivity index (χ4v) is 2.88. The maximum Gasteiger partial charge on any atom is 0.471 e. The van der Waals surface area contributed by atoms with Crippen molar-refractivity contribution in [1.29, 1.82) is 0 Å². The van der Waals surface area contributed by atoms with Gasteiger partial charge in [0.2, 0.25) is 5.82 Å². The summed E-state index contributed by atoms with van der Waals surface area (Å²) in [7, 11) is 0. The number of anilines is 1. The van der Waals surface area contributed by atoms with Gasteiger partial charge in [-0.1, -0.05) is 5.16 Å². The SMILES string of the molecule is O=C(NCCn1cnc2ccc(-c3noc(C(F)(F)F)n3)cc21)Nc1ccc(F)cc1F. The quantitative estimate of drug-likeness (QED) is 0.443. The summed E-state index contributed by atoms with van der Waals surface area (Å²) in [5, 5.41) is 8.14. The number of aromatic nitrogens is 4. The second kappa shape index (κ2) is 8.24. The smallest absolute Gasteiger partial charge is 0.336 e. The molecule has 0 aliphatic rings. The van der Waals surface area contributed by atoms with Crippen molar-refractivity contribution in [3.8, 4) is 11.4 Å². The van der Waals surface area contributed by atoms with Crippen LogP contribution in [-0.2, 0) is 12.7 Å². The molecule has 0 unspecified atom stereocenters. The number of rotatable bonds is 5. The van der Waals surface area contributed by atoms with E-state index in [4.69, 9.17) is 0 Å². The lowest BCUT2D eigenvalue weighted by molar-refractivity contribution is -0.159. The molecule has 2 heterocycles. The average Bonchev–Trinajstić information content (AvgIpc) is 3.37.